The van der Waals surface area contributed by atoms with E-state index >= 15 is 0 Å². The van der Waals surface area contributed by atoms with Crippen LogP contribution in [-0.2, 0) is 11.0 Å². The van der Waals surface area contributed by atoms with E-state index in [0.29, 0.717) is 6.20 Å². The number of carbonyl (C=O) groups excluding carboxylic acids is 1. The highest BCUT2D eigenvalue weighted by molar-refractivity contribution is 6.09. The smallest absolute Gasteiger partial charge is 0.401 e. The fourth-order valence-corrected chi connectivity index (χ4v) is 3.74. The van der Waals surface area contributed by atoms with Crippen molar-refractivity contribution in [1.29, 1.82) is 0 Å². The standard InChI is InChI=1S/C18H19F6N5O2/c19-17(20,21)10-1-2-11(27-8-10)29-5-3-9(4-6-29)14(25)13-15(26)28-12(30)7-16(13,31)18(22,23)24/h1-2,8-9,31H,3-7,25H2,(H2,26,28,30). The highest BCUT2D eigenvalue weighted by Crippen LogP contribution is 2.43. The third-order valence-corrected chi connectivity index (χ3v) is 5.41. The summed E-state index contributed by atoms with van der Waals surface area (Å²) in [6.45, 7) is 0.495. The number of alkyl halides is 6. The molecule has 170 valence electrons. The molecule has 1 atom stereocenters. The molecule has 7 nitrogen and oxygen atoms in total. The molecule has 3 heterocycles. The highest BCUT2D eigenvalue weighted by Gasteiger charge is 2.60. The van der Waals surface area contributed by atoms with Crippen molar-refractivity contribution in [3.8, 4) is 0 Å². The second-order valence-electron chi connectivity index (χ2n) is 7.42. The van der Waals surface area contributed by atoms with Crippen LogP contribution >= 0.6 is 0 Å². The van der Waals surface area contributed by atoms with Crippen molar-refractivity contribution in [2.45, 2.75) is 37.2 Å². The summed E-state index contributed by atoms with van der Waals surface area (Å²) in [7, 11) is 0. The number of carbonyl (C=O) groups is 1. The molecule has 1 fully saturated rings. The number of aromatic nitrogens is 1. The van der Waals surface area contributed by atoms with Crippen LogP contribution in [0, 0.1) is 5.92 Å². The molecule has 13 heteroatoms. The Morgan fingerprint density at radius 3 is 2.26 bits per heavy atom. The second-order valence-corrected chi connectivity index (χ2v) is 7.42. The van der Waals surface area contributed by atoms with Gasteiger partial charge in [0.25, 0.3) is 5.91 Å². The van der Waals surface area contributed by atoms with Crippen LogP contribution in [0.4, 0.5) is 32.2 Å². The summed E-state index contributed by atoms with van der Waals surface area (Å²) in [6.07, 6.45) is -9.87. The van der Waals surface area contributed by atoms with E-state index in [-0.39, 0.29) is 37.4 Å². The lowest BCUT2D eigenvalue weighted by atomic mass is 9.80. The van der Waals surface area contributed by atoms with Crippen molar-refractivity contribution in [3.05, 3.63) is 35.2 Å². The Labute approximate surface area is 172 Å². The number of nitrogens with zero attached hydrogens (tertiary/aromatic N) is 3. The minimum Gasteiger partial charge on any atom is -0.401 e. The maximum Gasteiger partial charge on any atom is 0.422 e. The molecule has 1 aromatic heterocycles. The first-order valence-electron chi connectivity index (χ1n) is 9.19. The summed E-state index contributed by atoms with van der Waals surface area (Å²) in [4.78, 5) is 20.3. The van der Waals surface area contributed by atoms with Crippen molar-refractivity contribution in [2.24, 2.45) is 22.4 Å². The second kappa shape index (κ2) is 7.70. The number of halogens is 6. The van der Waals surface area contributed by atoms with Gasteiger partial charge in [-0.1, -0.05) is 0 Å². The van der Waals surface area contributed by atoms with Gasteiger partial charge in [0.05, 0.1) is 17.6 Å². The summed E-state index contributed by atoms with van der Waals surface area (Å²) in [6, 6.07) is 2.11. The lowest BCUT2D eigenvalue weighted by molar-refractivity contribution is -0.244. The van der Waals surface area contributed by atoms with E-state index in [2.05, 4.69) is 9.98 Å². The third kappa shape index (κ3) is 4.31. The van der Waals surface area contributed by atoms with Crippen LogP contribution in [0.5, 0.6) is 0 Å². The fourth-order valence-electron chi connectivity index (χ4n) is 3.74. The fraction of sp³-hybridized carbons (Fsp3) is 0.500. The van der Waals surface area contributed by atoms with Gasteiger partial charge in [0, 0.05) is 30.9 Å². The van der Waals surface area contributed by atoms with Crippen molar-refractivity contribution in [1.82, 2.24) is 4.98 Å². The molecule has 0 aliphatic carbocycles. The first kappa shape index (κ1) is 22.8. The minimum absolute atomic E-state index is 0.229. The predicted octanol–water partition coefficient (Wildman–Crippen LogP) is 2.11. The molecule has 2 aliphatic heterocycles. The molecule has 1 aromatic rings. The number of nitrogens with two attached hydrogens (primary N) is 2. The van der Waals surface area contributed by atoms with Crippen molar-refractivity contribution < 1.29 is 36.2 Å². The van der Waals surface area contributed by atoms with Gasteiger partial charge in [0.1, 0.15) is 11.7 Å². The van der Waals surface area contributed by atoms with E-state index in [1.165, 1.54) is 6.07 Å². The number of amides is 1. The Morgan fingerprint density at radius 2 is 1.77 bits per heavy atom. The van der Waals surface area contributed by atoms with Gasteiger partial charge in [-0.2, -0.15) is 31.3 Å². The molecule has 0 spiro atoms. The summed E-state index contributed by atoms with van der Waals surface area (Å²) in [5, 5.41) is 10.3. The van der Waals surface area contributed by atoms with Crippen molar-refractivity contribution in [3.63, 3.8) is 0 Å². The number of amidine groups is 1. The lowest BCUT2D eigenvalue weighted by Crippen LogP contribution is -2.55. The minimum atomic E-state index is -5.20. The monoisotopic (exact) mass is 451 g/mol. The number of anilines is 1. The molecule has 5 N–H and O–H groups in total. The van der Waals surface area contributed by atoms with Crippen molar-refractivity contribution >= 4 is 17.6 Å². The average Bonchev–Trinajstić information content (AvgIpc) is 2.66. The molecule has 2 aliphatic rings. The first-order valence-corrected chi connectivity index (χ1v) is 9.19. The molecule has 0 saturated carbocycles. The maximum absolute atomic E-state index is 13.6. The Bertz CT molecular complexity index is 917. The molecular formula is C18H19F6N5O2. The number of aliphatic imine (C=N–C) groups is 1. The van der Waals surface area contributed by atoms with Gasteiger partial charge in [-0.3, -0.25) is 4.79 Å². The van der Waals surface area contributed by atoms with E-state index in [1.807, 2.05) is 0 Å². The number of pyridine rings is 1. The Kier molecular flexibility index (Phi) is 5.67. The SMILES string of the molecule is NC1=NC(=O)CC(O)(C(F)(F)F)C1=C(N)C1CCN(c2ccc(C(F)(F)F)cn2)CC1. The maximum atomic E-state index is 13.6. The molecule has 0 bridgehead atoms. The van der Waals surface area contributed by atoms with Crippen LogP contribution < -0.4 is 16.4 Å². The van der Waals surface area contributed by atoms with Crippen LogP contribution in [0.2, 0.25) is 0 Å². The van der Waals surface area contributed by atoms with Crippen LogP contribution in [0.15, 0.2) is 34.6 Å². The Balaban J connectivity index is 1.81. The number of piperidine rings is 1. The van der Waals surface area contributed by atoms with E-state index in [0.717, 1.165) is 6.07 Å². The van der Waals surface area contributed by atoms with E-state index in [1.54, 1.807) is 4.90 Å². The summed E-state index contributed by atoms with van der Waals surface area (Å²) >= 11 is 0. The summed E-state index contributed by atoms with van der Waals surface area (Å²) in [5.41, 5.74) is 5.95. The molecule has 1 saturated heterocycles. The molecule has 1 amide bonds. The Hall–Kier alpha value is -2.83. The van der Waals surface area contributed by atoms with Gasteiger partial charge >= 0.3 is 12.4 Å². The molecule has 0 aromatic carbocycles. The summed E-state index contributed by atoms with van der Waals surface area (Å²) < 4.78 is 78.7. The number of hydrogen-bond donors (Lipinski definition) is 3. The highest BCUT2D eigenvalue weighted by atomic mass is 19.4. The zero-order valence-corrected chi connectivity index (χ0v) is 16.0. The number of hydrogen-bond acceptors (Lipinski definition) is 6. The Morgan fingerprint density at radius 1 is 1.16 bits per heavy atom. The van der Waals surface area contributed by atoms with Crippen LogP contribution in [0.3, 0.4) is 0 Å². The van der Waals surface area contributed by atoms with Gasteiger partial charge in [-0.25, -0.2) is 4.98 Å². The zero-order chi connectivity index (χ0) is 23.2. The molecule has 3 rings (SSSR count). The van der Waals surface area contributed by atoms with Gasteiger partial charge in [-0.15, -0.1) is 0 Å². The van der Waals surface area contributed by atoms with Crippen LogP contribution in [0.1, 0.15) is 24.8 Å². The van der Waals surface area contributed by atoms with Gasteiger partial charge in [0.15, 0.2) is 5.60 Å². The number of aliphatic hydroxyl groups is 1. The number of rotatable bonds is 2. The zero-order valence-electron chi connectivity index (χ0n) is 16.0. The first-order chi connectivity index (χ1) is 14.2. The molecule has 0 radical (unpaired) electrons. The third-order valence-electron chi connectivity index (χ3n) is 5.41. The predicted molar refractivity (Wildman–Crippen MR) is 97.6 cm³/mol. The normalized spacial score (nSPS) is 25.5. The van der Waals surface area contributed by atoms with Gasteiger partial charge in [0.2, 0.25) is 0 Å². The van der Waals surface area contributed by atoms with E-state index < -0.39 is 53.2 Å². The molecule has 31 heavy (non-hydrogen) atoms. The topological polar surface area (TPSA) is 118 Å². The average molecular weight is 451 g/mol. The van der Waals surface area contributed by atoms with Crippen molar-refractivity contribution in [2.75, 3.05) is 18.0 Å². The number of allylic oxidation sites excluding steroid dienone is 1. The van der Waals surface area contributed by atoms with Gasteiger partial charge < -0.3 is 21.5 Å². The molecule has 1 unspecified atom stereocenters. The van der Waals surface area contributed by atoms with Crippen LogP contribution in [0.25, 0.3) is 0 Å². The molecular weight excluding hydrogens is 432 g/mol. The largest absolute Gasteiger partial charge is 0.422 e. The van der Waals surface area contributed by atoms with Crippen LogP contribution in [-0.4, -0.2) is 46.7 Å². The van der Waals surface area contributed by atoms with E-state index in [9.17, 15) is 36.2 Å². The summed E-state index contributed by atoms with van der Waals surface area (Å²) in [5.74, 6) is -2.32. The van der Waals surface area contributed by atoms with Gasteiger partial charge in [-0.05, 0) is 25.0 Å². The quantitative estimate of drug-likeness (QED) is 0.593. The lowest BCUT2D eigenvalue weighted by Gasteiger charge is -2.38. The van der Waals surface area contributed by atoms with E-state index in [4.69, 9.17) is 11.5 Å².